The molecule has 160 valence electrons. The average Bonchev–Trinajstić information content (AvgIpc) is 3.22. The average molecular weight is 446 g/mol. The first kappa shape index (κ1) is 20.3. The van der Waals surface area contributed by atoms with Gasteiger partial charge in [-0.3, -0.25) is 4.79 Å². The van der Waals surface area contributed by atoms with Crippen molar-refractivity contribution in [3.8, 4) is 11.4 Å². The fourth-order valence-corrected chi connectivity index (χ4v) is 4.77. The maximum Gasteiger partial charge on any atom is 0.240 e. The van der Waals surface area contributed by atoms with Gasteiger partial charge in [0.1, 0.15) is 11.1 Å². The van der Waals surface area contributed by atoms with Crippen LogP contribution in [0.2, 0.25) is 0 Å². The number of anilines is 1. The second-order valence-electron chi connectivity index (χ2n) is 7.56. The van der Waals surface area contributed by atoms with Gasteiger partial charge in [0, 0.05) is 11.3 Å². The van der Waals surface area contributed by atoms with Gasteiger partial charge in [-0.05, 0) is 42.3 Å². The van der Waals surface area contributed by atoms with E-state index < -0.39 is 11.3 Å². The van der Waals surface area contributed by atoms with Crippen LogP contribution in [-0.4, -0.2) is 26.0 Å². The molecule has 0 radical (unpaired) electrons. The van der Waals surface area contributed by atoms with Gasteiger partial charge in [-0.15, -0.1) is 10.2 Å². The summed E-state index contributed by atoms with van der Waals surface area (Å²) in [7, 11) is 0. The number of aromatic nitrogens is 3. The van der Waals surface area contributed by atoms with E-state index in [1.807, 2.05) is 61.5 Å². The van der Waals surface area contributed by atoms with Crippen LogP contribution in [0, 0.1) is 12.7 Å². The minimum absolute atomic E-state index is 0.169. The van der Waals surface area contributed by atoms with E-state index in [1.54, 1.807) is 16.8 Å². The number of halogens is 1. The van der Waals surface area contributed by atoms with Gasteiger partial charge in [0.25, 0.3) is 0 Å². The normalized spacial score (nSPS) is 17.3. The molecule has 3 aromatic carbocycles. The second kappa shape index (κ2) is 8.47. The number of nitrogens with one attached hydrogen (secondary N) is 2. The number of fused-ring (bicyclic) bond motifs is 1. The Morgan fingerprint density at radius 2 is 1.81 bits per heavy atom. The molecule has 0 saturated heterocycles. The molecule has 1 aromatic heterocycles. The summed E-state index contributed by atoms with van der Waals surface area (Å²) in [6.07, 6.45) is 0. The zero-order valence-corrected chi connectivity index (χ0v) is 18.0. The van der Waals surface area contributed by atoms with E-state index in [4.69, 9.17) is 0 Å². The lowest BCUT2D eigenvalue weighted by atomic mass is 10.0. The molecule has 0 unspecified atom stereocenters. The predicted octanol–water partition coefficient (Wildman–Crippen LogP) is 4.79. The van der Waals surface area contributed by atoms with Gasteiger partial charge in [-0.25, -0.2) is 9.07 Å². The molecule has 4 aromatic rings. The summed E-state index contributed by atoms with van der Waals surface area (Å²) < 4.78 is 15.4. The molecule has 1 aliphatic heterocycles. The van der Waals surface area contributed by atoms with E-state index >= 15 is 0 Å². The third-order valence-corrected chi connectivity index (χ3v) is 6.46. The molecule has 6 nitrogen and oxygen atoms in total. The molecule has 2 heterocycles. The molecule has 0 fully saturated rings. The highest BCUT2D eigenvalue weighted by molar-refractivity contribution is 8.00. The first-order valence-corrected chi connectivity index (χ1v) is 11.0. The Morgan fingerprint density at radius 1 is 1.03 bits per heavy atom. The highest BCUT2D eigenvalue weighted by Gasteiger charge is 2.38. The monoisotopic (exact) mass is 445 g/mol. The van der Waals surface area contributed by atoms with Crippen LogP contribution >= 0.6 is 11.8 Å². The largest absolute Gasteiger partial charge is 0.325 e. The molecule has 1 amide bonds. The van der Waals surface area contributed by atoms with E-state index in [9.17, 15) is 9.18 Å². The minimum Gasteiger partial charge on any atom is -0.325 e. The number of rotatable bonds is 4. The Labute approximate surface area is 188 Å². The van der Waals surface area contributed by atoms with Crippen LogP contribution in [0.25, 0.3) is 11.4 Å². The molecule has 0 saturated carbocycles. The molecule has 0 aliphatic carbocycles. The van der Waals surface area contributed by atoms with E-state index in [0.717, 1.165) is 22.4 Å². The first-order valence-electron chi connectivity index (χ1n) is 10.2. The summed E-state index contributed by atoms with van der Waals surface area (Å²) in [5.74, 6) is 0.156. The van der Waals surface area contributed by atoms with Gasteiger partial charge in [-0.1, -0.05) is 66.4 Å². The first-order chi connectivity index (χ1) is 15.6. The van der Waals surface area contributed by atoms with Crippen molar-refractivity contribution in [1.82, 2.24) is 14.9 Å². The van der Waals surface area contributed by atoms with Gasteiger partial charge >= 0.3 is 0 Å². The van der Waals surface area contributed by atoms with Crippen molar-refractivity contribution in [3.63, 3.8) is 0 Å². The second-order valence-corrected chi connectivity index (χ2v) is 8.67. The number of nitrogens with zero attached hydrogens (tertiary/aromatic N) is 3. The van der Waals surface area contributed by atoms with Crippen molar-refractivity contribution in [3.05, 3.63) is 95.8 Å². The Kier molecular flexibility index (Phi) is 5.36. The van der Waals surface area contributed by atoms with Crippen molar-refractivity contribution in [1.29, 1.82) is 0 Å². The number of thioether (sulfide) groups is 1. The van der Waals surface area contributed by atoms with Crippen molar-refractivity contribution in [2.24, 2.45) is 0 Å². The van der Waals surface area contributed by atoms with Crippen molar-refractivity contribution in [2.75, 3.05) is 10.7 Å². The number of carbonyl (C=O) groups is 1. The predicted molar refractivity (Wildman–Crippen MR) is 123 cm³/mol. The Balaban J connectivity index is 1.51. The summed E-state index contributed by atoms with van der Waals surface area (Å²) in [5.41, 5.74) is 6.87. The molecule has 2 atom stereocenters. The van der Waals surface area contributed by atoms with Gasteiger partial charge in [0.2, 0.25) is 11.1 Å². The number of aryl methyl sites for hydroxylation is 1. The van der Waals surface area contributed by atoms with E-state index in [1.165, 1.54) is 23.9 Å². The van der Waals surface area contributed by atoms with Crippen LogP contribution < -0.4 is 10.7 Å². The Hall–Kier alpha value is -3.65. The molecule has 2 N–H and O–H groups in total. The quantitative estimate of drug-likeness (QED) is 0.473. The lowest BCUT2D eigenvalue weighted by molar-refractivity contribution is -0.116. The van der Waals surface area contributed by atoms with Crippen molar-refractivity contribution >= 4 is 23.4 Å². The fourth-order valence-electron chi connectivity index (χ4n) is 3.69. The van der Waals surface area contributed by atoms with Crippen LogP contribution in [-0.2, 0) is 4.79 Å². The maximum absolute atomic E-state index is 13.6. The van der Waals surface area contributed by atoms with Gasteiger partial charge in [-0.2, -0.15) is 0 Å². The molecule has 32 heavy (non-hydrogen) atoms. The van der Waals surface area contributed by atoms with E-state index in [0.29, 0.717) is 11.0 Å². The summed E-state index contributed by atoms with van der Waals surface area (Å²) in [6, 6.07) is 23.1. The van der Waals surface area contributed by atoms with Crippen LogP contribution in [0.1, 0.15) is 17.2 Å². The van der Waals surface area contributed by atoms with Gasteiger partial charge < -0.3 is 10.7 Å². The lowest BCUT2D eigenvalue weighted by Gasteiger charge is -2.33. The highest BCUT2D eigenvalue weighted by Crippen LogP contribution is 2.39. The molecule has 8 heteroatoms. The number of hydrogen-bond donors (Lipinski definition) is 2. The van der Waals surface area contributed by atoms with Crippen LogP contribution in [0.15, 0.2) is 84.0 Å². The summed E-state index contributed by atoms with van der Waals surface area (Å²) in [4.78, 5) is 13.3. The maximum atomic E-state index is 13.6. The van der Waals surface area contributed by atoms with Crippen LogP contribution in [0.3, 0.4) is 0 Å². The standard InChI is InChI=1S/C24H20FN5OS/c1-15-6-5-9-19(14-15)26-23(31)21-20(16-10-12-18(25)13-11-16)29-30-22(27-28-24(30)32-21)17-7-3-2-4-8-17/h2-14,20-21,29H,1H3,(H,26,31)/t20-,21-/m1/s1. The summed E-state index contributed by atoms with van der Waals surface area (Å²) >= 11 is 1.33. The van der Waals surface area contributed by atoms with Gasteiger partial charge in [0.15, 0.2) is 5.82 Å². The van der Waals surface area contributed by atoms with Crippen LogP contribution in [0.5, 0.6) is 0 Å². The lowest BCUT2D eigenvalue weighted by Crippen LogP contribution is -2.41. The van der Waals surface area contributed by atoms with Crippen molar-refractivity contribution in [2.45, 2.75) is 23.4 Å². The molecule has 0 spiro atoms. The summed E-state index contributed by atoms with van der Waals surface area (Å²) in [6.45, 7) is 1.97. The Morgan fingerprint density at radius 3 is 2.56 bits per heavy atom. The minimum atomic E-state index is -0.540. The molecule has 0 bridgehead atoms. The topological polar surface area (TPSA) is 71.8 Å². The molecular weight excluding hydrogens is 425 g/mol. The smallest absolute Gasteiger partial charge is 0.240 e. The van der Waals surface area contributed by atoms with Crippen LogP contribution in [0.4, 0.5) is 10.1 Å². The number of hydrogen-bond acceptors (Lipinski definition) is 5. The SMILES string of the molecule is Cc1cccc(NC(=O)[C@@H]2Sc3nnc(-c4ccccc4)n3N[C@@H]2c2ccc(F)cc2)c1. The zero-order valence-electron chi connectivity index (χ0n) is 17.2. The third-order valence-electron chi connectivity index (χ3n) is 5.24. The van der Waals surface area contributed by atoms with Gasteiger partial charge in [0.05, 0.1) is 6.04 Å². The third kappa shape index (κ3) is 3.97. The fraction of sp³-hybridized carbons (Fsp3) is 0.125. The van der Waals surface area contributed by atoms with E-state index in [2.05, 4.69) is 20.9 Å². The Bertz CT molecular complexity index is 1260. The summed E-state index contributed by atoms with van der Waals surface area (Å²) in [5, 5.41) is 11.7. The molecular formula is C24H20FN5OS. The number of benzene rings is 3. The number of carbonyl (C=O) groups excluding carboxylic acids is 1. The van der Waals surface area contributed by atoms with Crippen molar-refractivity contribution < 1.29 is 9.18 Å². The highest BCUT2D eigenvalue weighted by atomic mass is 32.2. The molecule has 1 aliphatic rings. The van der Waals surface area contributed by atoms with E-state index in [-0.39, 0.29) is 11.7 Å². The number of amides is 1. The zero-order chi connectivity index (χ0) is 22.1. The molecule has 5 rings (SSSR count).